The van der Waals surface area contributed by atoms with Crippen molar-refractivity contribution in [2.45, 2.75) is 44.9 Å². The van der Waals surface area contributed by atoms with Gasteiger partial charge in [0.15, 0.2) is 0 Å². The molecule has 2 aromatic carbocycles. The van der Waals surface area contributed by atoms with Crippen LogP contribution in [-0.4, -0.2) is 61.1 Å². The summed E-state index contributed by atoms with van der Waals surface area (Å²) < 4.78 is 52.9. The Morgan fingerprint density at radius 2 is 1.75 bits per heavy atom. The molecule has 0 saturated carbocycles. The number of nitrogens with one attached hydrogen (secondary N) is 1. The molecule has 5 nitrogen and oxygen atoms in total. The van der Waals surface area contributed by atoms with E-state index < -0.39 is 17.6 Å². The average molecular weight is 507 g/mol. The number of nitrogens with zero attached hydrogens (tertiary/aromatic N) is 3. The number of alkyl halides is 3. The molecule has 0 spiro atoms. The number of benzene rings is 2. The van der Waals surface area contributed by atoms with Crippen LogP contribution in [0.2, 0.25) is 0 Å². The van der Waals surface area contributed by atoms with Gasteiger partial charge in [0.2, 0.25) is 0 Å². The molecule has 0 radical (unpaired) electrons. The molecule has 1 N–H and O–H groups in total. The van der Waals surface area contributed by atoms with Gasteiger partial charge in [-0.2, -0.15) is 13.2 Å². The molecule has 0 bridgehead atoms. The van der Waals surface area contributed by atoms with Crippen molar-refractivity contribution < 1.29 is 22.4 Å². The van der Waals surface area contributed by atoms with Crippen LogP contribution in [0.4, 0.5) is 28.0 Å². The Hall–Kier alpha value is -2.81. The summed E-state index contributed by atoms with van der Waals surface area (Å²) in [6.45, 7) is 6.68. The molecule has 2 aliphatic rings. The van der Waals surface area contributed by atoms with Crippen LogP contribution in [0.25, 0.3) is 0 Å². The van der Waals surface area contributed by atoms with Gasteiger partial charge in [0.25, 0.3) is 0 Å². The maximum Gasteiger partial charge on any atom is 0.416 e. The molecule has 0 aliphatic carbocycles. The van der Waals surface area contributed by atoms with Crippen molar-refractivity contribution in [1.29, 1.82) is 0 Å². The molecule has 2 saturated heterocycles. The molecule has 2 amide bonds. The lowest BCUT2D eigenvalue weighted by Crippen LogP contribution is -2.57. The largest absolute Gasteiger partial charge is 0.416 e. The zero-order chi connectivity index (χ0) is 25.7. The molecule has 2 fully saturated rings. The number of carbonyl (C=O) groups excluding carboxylic acids is 1. The van der Waals surface area contributed by atoms with Gasteiger partial charge in [0, 0.05) is 38.8 Å². The van der Waals surface area contributed by atoms with Gasteiger partial charge in [-0.15, -0.1) is 0 Å². The topological polar surface area (TPSA) is 38.8 Å². The van der Waals surface area contributed by atoms with Gasteiger partial charge in [-0.25, -0.2) is 9.18 Å². The molecule has 0 aromatic heterocycles. The van der Waals surface area contributed by atoms with Crippen LogP contribution in [0.15, 0.2) is 48.5 Å². The second kappa shape index (κ2) is 11.5. The first-order valence-electron chi connectivity index (χ1n) is 12.6. The number of amides is 2. The van der Waals surface area contributed by atoms with Gasteiger partial charge in [-0.05, 0) is 69.0 Å². The summed E-state index contributed by atoms with van der Waals surface area (Å²) in [5.41, 5.74) is 0.462. The third-order valence-corrected chi connectivity index (χ3v) is 7.29. The summed E-state index contributed by atoms with van der Waals surface area (Å²) in [5.74, 6) is -0.306. The SMILES string of the molecule is C[C@@H]1CN(c2ccc(C(F)(F)F)cc2F)CCN1C(=O)NCCC1CCN(Cc2ccccc2)CC1. The van der Waals surface area contributed by atoms with Crippen LogP contribution in [0.5, 0.6) is 0 Å². The fourth-order valence-electron chi connectivity index (χ4n) is 5.18. The van der Waals surface area contributed by atoms with Gasteiger partial charge in [-0.3, -0.25) is 4.90 Å². The first-order chi connectivity index (χ1) is 17.2. The molecular formula is C27H34F4N4O. The van der Waals surface area contributed by atoms with Gasteiger partial charge < -0.3 is 15.1 Å². The Morgan fingerprint density at radius 1 is 1.03 bits per heavy atom. The minimum absolute atomic E-state index is 0.133. The summed E-state index contributed by atoms with van der Waals surface area (Å²) in [6.07, 6.45) is -1.40. The predicted octanol–water partition coefficient (Wildman–Crippen LogP) is 5.37. The number of anilines is 1. The first kappa shape index (κ1) is 26.3. The maximum atomic E-state index is 14.4. The molecule has 0 unspecified atom stereocenters. The fourth-order valence-corrected chi connectivity index (χ4v) is 5.18. The zero-order valence-corrected chi connectivity index (χ0v) is 20.6. The fraction of sp³-hybridized carbons (Fsp3) is 0.519. The zero-order valence-electron chi connectivity index (χ0n) is 20.6. The molecule has 2 aromatic rings. The number of likely N-dealkylation sites (tertiary alicyclic amines) is 1. The minimum atomic E-state index is -4.58. The van der Waals surface area contributed by atoms with Crippen LogP contribution >= 0.6 is 0 Å². The van der Waals surface area contributed by atoms with E-state index in [1.807, 2.05) is 13.0 Å². The maximum absolute atomic E-state index is 14.4. The van der Waals surface area contributed by atoms with Crippen molar-refractivity contribution in [2.75, 3.05) is 44.2 Å². The Labute approximate surface area is 210 Å². The highest BCUT2D eigenvalue weighted by Gasteiger charge is 2.33. The summed E-state index contributed by atoms with van der Waals surface area (Å²) in [4.78, 5) is 18.7. The highest BCUT2D eigenvalue weighted by Crippen LogP contribution is 2.33. The van der Waals surface area contributed by atoms with E-state index in [0.29, 0.717) is 38.2 Å². The lowest BCUT2D eigenvalue weighted by Gasteiger charge is -2.41. The summed E-state index contributed by atoms with van der Waals surface area (Å²) >= 11 is 0. The van der Waals surface area contributed by atoms with Crippen molar-refractivity contribution in [2.24, 2.45) is 5.92 Å². The lowest BCUT2D eigenvalue weighted by molar-refractivity contribution is -0.137. The van der Waals surface area contributed by atoms with E-state index >= 15 is 0 Å². The van der Waals surface area contributed by atoms with E-state index in [1.54, 1.807) is 9.80 Å². The number of urea groups is 1. The summed E-state index contributed by atoms with van der Waals surface area (Å²) in [6, 6.07) is 12.7. The Morgan fingerprint density at radius 3 is 2.39 bits per heavy atom. The monoisotopic (exact) mass is 506 g/mol. The summed E-state index contributed by atoms with van der Waals surface area (Å²) in [7, 11) is 0. The van der Waals surface area contributed by atoms with E-state index in [4.69, 9.17) is 0 Å². The second-order valence-corrected chi connectivity index (χ2v) is 9.88. The quantitative estimate of drug-likeness (QED) is 0.536. The van der Waals surface area contributed by atoms with Crippen molar-refractivity contribution in [3.05, 3.63) is 65.5 Å². The third-order valence-electron chi connectivity index (χ3n) is 7.29. The van der Waals surface area contributed by atoms with Crippen molar-refractivity contribution in [1.82, 2.24) is 15.1 Å². The molecule has 196 valence electrons. The van der Waals surface area contributed by atoms with Gasteiger partial charge in [0.1, 0.15) is 5.82 Å². The number of hydrogen-bond donors (Lipinski definition) is 1. The number of halogens is 4. The van der Waals surface area contributed by atoms with Crippen LogP contribution in [0.1, 0.15) is 37.3 Å². The Kier molecular flexibility index (Phi) is 8.39. The molecular weight excluding hydrogens is 472 g/mol. The third kappa shape index (κ3) is 6.69. The second-order valence-electron chi connectivity index (χ2n) is 9.88. The predicted molar refractivity (Wildman–Crippen MR) is 132 cm³/mol. The van der Waals surface area contributed by atoms with Crippen molar-refractivity contribution in [3.63, 3.8) is 0 Å². The number of hydrogen-bond acceptors (Lipinski definition) is 3. The highest BCUT2D eigenvalue weighted by atomic mass is 19.4. The molecule has 2 heterocycles. The van der Waals surface area contributed by atoms with Gasteiger partial charge in [-0.1, -0.05) is 30.3 Å². The average Bonchev–Trinajstić information content (AvgIpc) is 2.85. The van der Waals surface area contributed by atoms with Crippen LogP contribution in [0, 0.1) is 11.7 Å². The Bertz CT molecular complexity index is 1010. The number of piperidine rings is 1. The molecule has 4 rings (SSSR count). The minimum Gasteiger partial charge on any atom is -0.365 e. The van der Waals surface area contributed by atoms with Crippen molar-refractivity contribution in [3.8, 4) is 0 Å². The smallest absolute Gasteiger partial charge is 0.365 e. The van der Waals surface area contributed by atoms with Crippen LogP contribution < -0.4 is 10.2 Å². The lowest BCUT2D eigenvalue weighted by atomic mass is 9.93. The number of carbonyl (C=O) groups is 1. The van der Waals surface area contributed by atoms with E-state index in [9.17, 15) is 22.4 Å². The summed E-state index contributed by atoms with van der Waals surface area (Å²) in [5, 5.41) is 3.03. The normalized spacial score (nSPS) is 20.0. The molecule has 1 atom stereocenters. The van der Waals surface area contributed by atoms with E-state index in [-0.39, 0.29) is 17.8 Å². The van der Waals surface area contributed by atoms with Crippen molar-refractivity contribution >= 4 is 11.7 Å². The number of rotatable bonds is 6. The molecule has 2 aliphatic heterocycles. The van der Waals surface area contributed by atoms with E-state index in [0.717, 1.165) is 45.0 Å². The van der Waals surface area contributed by atoms with E-state index in [2.05, 4.69) is 34.5 Å². The van der Waals surface area contributed by atoms with Gasteiger partial charge >= 0.3 is 12.2 Å². The molecule has 36 heavy (non-hydrogen) atoms. The Balaban J connectivity index is 1.18. The van der Waals surface area contributed by atoms with Gasteiger partial charge in [0.05, 0.1) is 11.3 Å². The standard InChI is InChI=1S/C27H34F4N4O/c1-20-18-34(25-8-7-23(17-24(25)28)27(29,30)31)15-16-35(20)26(36)32-12-9-21-10-13-33(14-11-21)19-22-5-3-2-4-6-22/h2-8,17,20-21H,9-16,18-19H2,1H3,(H,32,36)/t20-/m1/s1. The number of piperazine rings is 1. The van der Waals surface area contributed by atoms with E-state index in [1.165, 1.54) is 11.6 Å². The van der Waals surface area contributed by atoms with Crippen LogP contribution in [0.3, 0.4) is 0 Å². The highest BCUT2D eigenvalue weighted by molar-refractivity contribution is 5.75. The first-order valence-corrected chi connectivity index (χ1v) is 12.6. The molecule has 9 heteroatoms. The van der Waals surface area contributed by atoms with Crippen LogP contribution in [-0.2, 0) is 12.7 Å².